The van der Waals surface area contributed by atoms with Crippen molar-refractivity contribution in [3.05, 3.63) is 23.9 Å². The van der Waals surface area contributed by atoms with Gasteiger partial charge in [-0.2, -0.15) is 0 Å². The summed E-state index contributed by atoms with van der Waals surface area (Å²) in [5.41, 5.74) is 1.12. The van der Waals surface area contributed by atoms with Crippen LogP contribution in [-0.2, 0) is 16.1 Å². The lowest BCUT2D eigenvalue weighted by molar-refractivity contribution is -0.127. The second-order valence-corrected chi connectivity index (χ2v) is 7.05. The fraction of sp³-hybridized carbons (Fsp3) is 0.650. The van der Waals surface area contributed by atoms with Gasteiger partial charge in [-0.05, 0) is 25.8 Å². The van der Waals surface area contributed by atoms with Crippen molar-refractivity contribution < 1.29 is 9.53 Å². The van der Waals surface area contributed by atoms with Crippen LogP contribution < -0.4 is 15.5 Å². The zero-order valence-corrected chi connectivity index (χ0v) is 16.8. The molecule has 8 nitrogen and oxygen atoms in total. The highest BCUT2D eigenvalue weighted by molar-refractivity contribution is 5.80. The minimum atomic E-state index is 0.285. The van der Waals surface area contributed by atoms with Crippen LogP contribution in [0.2, 0.25) is 0 Å². The number of aliphatic imine (C=N–C) groups is 1. The van der Waals surface area contributed by atoms with Crippen molar-refractivity contribution in [2.75, 3.05) is 57.4 Å². The Bertz CT molecular complexity index is 660. The molecule has 0 atom stereocenters. The summed E-state index contributed by atoms with van der Waals surface area (Å²) in [6, 6.07) is 4.05. The normalized spacial score (nSPS) is 17.9. The first kappa shape index (κ1) is 20.4. The molecule has 28 heavy (non-hydrogen) atoms. The number of pyridine rings is 1. The average molecular weight is 389 g/mol. The highest BCUT2D eigenvalue weighted by Gasteiger charge is 2.19. The molecule has 8 heteroatoms. The standard InChI is InChI=1S/C20H32N6O2/c1-2-21-20(23-9-5-11-25-10-4-7-18(25)27)24-16-17-6-3-8-22-19(17)26-12-14-28-15-13-26/h3,6,8H,2,4-5,7,9-16H2,1H3,(H2,21,23,24). The fourth-order valence-corrected chi connectivity index (χ4v) is 3.54. The Morgan fingerprint density at radius 3 is 2.89 bits per heavy atom. The summed E-state index contributed by atoms with van der Waals surface area (Å²) in [6.45, 7) is 9.14. The van der Waals surface area contributed by atoms with E-state index in [0.29, 0.717) is 13.0 Å². The van der Waals surface area contributed by atoms with Crippen molar-refractivity contribution in [3.63, 3.8) is 0 Å². The van der Waals surface area contributed by atoms with Crippen LogP contribution in [0.1, 0.15) is 31.7 Å². The largest absolute Gasteiger partial charge is 0.378 e. The van der Waals surface area contributed by atoms with E-state index in [1.165, 1.54) is 0 Å². The van der Waals surface area contributed by atoms with Crippen LogP contribution in [0, 0.1) is 0 Å². The van der Waals surface area contributed by atoms with Crippen LogP contribution in [-0.4, -0.2) is 74.2 Å². The molecule has 1 amide bonds. The molecule has 0 aliphatic carbocycles. The second-order valence-electron chi connectivity index (χ2n) is 7.05. The number of aromatic nitrogens is 1. The number of amides is 1. The smallest absolute Gasteiger partial charge is 0.222 e. The molecule has 154 valence electrons. The van der Waals surface area contributed by atoms with Gasteiger partial charge in [-0.25, -0.2) is 9.98 Å². The Kier molecular flexibility index (Phi) is 7.90. The number of hydrogen-bond donors (Lipinski definition) is 2. The van der Waals surface area contributed by atoms with Crippen molar-refractivity contribution in [3.8, 4) is 0 Å². The van der Waals surface area contributed by atoms with E-state index in [4.69, 9.17) is 9.73 Å². The molecule has 2 N–H and O–H groups in total. The van der Waals surface area contributed by atoms with E-state index in [1.807, 2.05) is 17.2 Å². The number of anilines is 1. The van der Waals surface area contributed by atoms with E-state index >= 15 is 0 Å². The third-order valence-corrected chi connectivity index (χ3v) is 5.00. The quantitative estimate of drug-likeness (QED) is 0.393. The molecular weight excluding hydrogens is 356 g/mol. The predicted octanol–water partition coefficient (Wildman–Crippen LogP) is 0.986. The maximum absolute atomic E-state index is 11.7. The fourth-order valence-electron chi connectivity index (χ4n) is 3.54. The number of nitrogens with one attached hydrogen (secondary N) is 2. The number of morpholine rings is 1. The summed E-state index contributed by atoms with van der Waals surface area (Å²) < 4.78 is 5.45. The summed E-state index contributed by atoms with van der Waals surface area (Å²) in [6.07, 6.45) is 4.45. The van der Waals surface area contributed by atoms with Gasteiger partial charge in [0, 0.05) is 57.4 Å². The second kappa shape index (κ2) is 10.8. The van der Waals surface area contributed by atoms with Gasteiger partial charge in [0.05, 0.1) is 19.8 Å². The Hall–Kier alpha value is -2.35. The van der Waals surface area contributed by atoms with Gasteiger partial charge in [0.25, 0.3) is 0 Å². The minimum absolute atomic E-state index is 0.285. The summed E-state index contributed by atoms with van der Waals surface area (Å²) in [4.78, 5) is 25.2. The SMILES string of the molecule is CCNC(=NCc1cccnc1N1CCOCC1)NCCCN1CCCC1=O. The highest BCUT2D eigenvalue weighted by atomic mass is 16.5. The first-order valence-corrected chi connectivity index (χ1v) is 10.3. The monoisotopic (exact) mass is 388 g/mol. The molecule has 2 saturated heterocycles. The molecule has 2 aliphatic rings. The Balaban J connectivity index is 1.53. The number of guanidine groups is 1. The summed E-state index contributed by atoms with van der Waals surface area (Å²) >= 11 is 0. The maximum Gasteiger partial charge on any atom is 0.222 e. The van der Waals surface area contributed by atoms with Gasteiger partial charge in [0.2, 0.25) is 5.91 Å². The molecule has 1 aromatic heterocycles. The minimum Gasteiger partial charge on any atom is -0.378 e. The third-order valence-electron chi connectivity index (χ3n) is 5.00. The summed E-state index contributed by atoms with van der Waals surface area (Å²) in [5.74, 6) is 2.08. The summed E-state index contributed by atoms with van der Waals surface area (Å²) in [7, 11) is 0. The van der Waals surface area contributed by atoms with Crippen LogP contribution in [0.15, 0.2) is 23.3 Å². The maximum atomic E-state index is 11.7. The van der Waals surface area contributed by atoms with E-state index < -0.39 is 0 Å². The number of carbonyl (C=O) groups excluding carboxylic acids is 1. The first-order chi connectivity index (χ1) is 13.8. The number of carbonyl (C=O) groups is 1. The number of nitrogens with zero attached hydrogens (tertiary/aromatic N) is 4. The number of ether oxygens (including phenoxy) is 1. The first-order valence-electron chi connectivity index (χ1n) is 10.3. The van der Waals surface area contributed by atoms with Gasteiger partial charge in [-0.3, -0.25) is 4.79 Å². The van der Waals surface area contributed by atoms with Crippen LogP contribution >= 0.6 is 0 Å². The molecule has 2 fully saturated rings. The number of rotatable bonds is 8. The average Bonchev–Trinajstić information content (AvgIpc) is 3.15. The zero-order chi connectivity index (χ0) is 19.6. The highest BCUT2D eigenvalue weighted by Crippen LogP contribution is 2.19. The lowest BCUT2D eigenvalue weighted by Crippen LogP contribution is -2.39. The van der Waals surface area contributed by atoms with Crippen molar-refractivity contribution in [1.82, 2.24) is 20.5 Å². The van der Waals surface area contributed by atoms with Gasteiger partial charge >= 0.3 is 0 Å². The van der Waals surface area contributed by atoms with Crippen molar-refractivity contribution in [1.29, 1.82) is 0 Å². The molecule has 0 unspecified atom stereocenters. The molecule has 0 bridgehead atoms. The molecular formula is C20H32N6O2. The molecule has 1 aromatic rings. The molecule has 2 aliphatic heterocycles. The van der Waals surface area contributed by atoms with Crippen LogP contribution in [0.3, 0.4) is 0 Å². The zero-order valence-electron chi connectivity index (χ0n) is 16.8. The van der Waals surface area contributed by atoms with Crippen molar-refractivity contribution in [2.45, 2.75) is 32.7 Å². The lowest BCUT2D eigenvalue weighted by atomic mass is 10.2. The molecule has 3 heterocycles. The van der Waals surface area contributed by atoms with Gasteiger partial charge < -0.3 is 25.2 Å². The van der Waals surface area contributed by atoms with E-state index in [0.717, 1.165) is 82.7 Å². The van der Waals surface area contributed by atoms with Crippen LogP contribution in [0.25, 0.3) is 0 Å². The Morgan fingerprint density at radius 2 is 2.14 bits per heavy atom. The predicted molar refractivity (Wildman–Crippen MR) is 111 cm³/mol. The molecule has 0 saturated carbocycles. The Morgan fingerprint density at radius 1 is 1.29 bits per heavy atom. The van der Waals surface area contributed by atoms with Gasteiger partial charge in [-0.1, -0.05) is 6.07 Å². The number of likely N-dealkylation sites (tertiary alicyclic amines) is 1. The number of hydrogen-bond acceptors (Lipinski definition) is 5. The van der Waals surface area contributed by atoms with Crippen LogP contribution in [0.5, 0.6) is 0 Å². The van der Waals surface area contributed by atoms with E-state index in [-0.39, 0.29) is 5.91 Å². The van der Waals surface area contributed by atoms with E-state index in [9.17, 15) is 4.79 Å². The van der Waals surface area contributed by atoms with Gasteiger partial charge in [-0.15, -0.1) is 0 Å². The van der Waals surface area contributed by atoms with Gasteiger partial charge in [0.15, 0.2) is 5.96 Å². The Labute approximate surface area is 167 Å². The van der Waals surface area contributed by atoms with E-state index in [2.05, 4.69) is 33.5 Å². The van der Waals surface area contributed by atoms with Crippen LogP contribution in [0.4, 0.5) is 5.82 Å². The van der Waals surface area contributed by atoms with E-state index in [1.54, 1.807) is 0 Å². The van der Waals surface area contributed by atoms with Crippen molar-refractivity contribution in [2.24, 2.45) is 4.99 Å². The topological polar surface area (TPSA) is 82.1 Å². The molecule has 0 aromatic carbocycles. The lowest BCUT2D eigenvalue weighted by Gasteiger charge is -2.29. The third kappa shape index (κ3) is 5.82. The summed E-state index contributed by atoms with van der Waals surface area (Å²) in [5, 5.41) is 6.67. The molecule has 0 spiro atoms. The molecule has 0 radical (unpaired) electrons. The molecule has 3 rings (SSSR count). The van der Waals surface area contributed by atoms with Crippen molar-refractivity contribution >= 4 is 17.7 Å². The van der Waals surface area contributed by atoms with Gasteiger partial charge in [0.1, 0.15) is 5.82 Å².